The van der Waals surface area contributed by atoms with Crippen LogP contribution in [-0.2, 0) is 4.79 Å². The van der Waals surface area contributed by atoms with Crippen molar-refractivity contribution in [2.45, 2.75) is 4.90 Å². The molecule has 1 saturated heterocycles. The maximum Gasteiger partial charge on any atom is 0.270 e. The zero-order chi connectivity index (χ0) is 18.0. The SMILES string of the molecule is CSc1cccc(N2C(=O)/C(=C\c3ccc(N(C)C)cc3)SC2=S)c1. The van der Waals surface area contributed by atoms with Gasteiger partial charge in [0.1, 0.15) is 0 Å². The molecule has 0 unspecified atom stereocenters. The predicted molar refractivity (Wildman–Crippen MR) is 115 cm³/mol. The van der Waals surface area contributed by atoms with Gasteiger partial charge < -0.3 is 4.90 Å². The normalized spacial score (nSPS) is 16.0. The van der Waals surface area contributed by atoms with Crippen molar-refractivity contribution in [3.63, 3.8) is 0 Å². The van der Waals surface area contributed by atoms with E-state index < -0.39 is 0 Å². The average molecular weight is 387 g/mol. The molecule has 1 amide bonds. The standard InChI is InChI=1S/C19H18N2OS3/c1-20(2)14-9-7-13(8-10-14)11-17-18(22)21(19(23)25-17)15-5-4-6-16(12-15)24-3/h4-12H,1-3H3/b17-11+. The molecule has 1 heterocycles. The van der Waals surface area contributed by atoms with Crippen LogP contribution in [0.4, 0.5) is 11.4 Å². The molecule has 1 aliphatic rings. The molecule has 0 atom stereocenters. The second-order valence-corrected chi connectivity index (χ2v) is 8.26. The summed E-state index contributed by atoms with van der Waals surface area (Å²) >= 11 is 8.43. The third-order valence-electron chi connectivity index (χ3n) is 3.81. The summed E-state index contributed by atoms with van der Waals surface area (Å²) < 4.78 is 0.569. The first-order chi connectivity index (χ1) is 12.0. The van der Waals surface area contributed by atoms with Gasteiger partial charge in [0, 0.05) is 24.7 Å². The van der Waals surface area contributed by atoms with Crippen LogP contribution in [0.15, 0.2) is 58.3 Å². The van der Waals surface area contributed by atoms with Gasteiger partial charge in [-0.15, -0.1) is 11.8 Å². The summed E-state index contributed by atoms with van der Waals surface area (Å²) in [4.78, 5) is 18.2. The fourth-order valence-corrected chi connectivity index (χ4v) is 4.21. The van der Waals surface area contributed by atoms with Crippen LogP contribution in [0.5, 0.6) is 0 Å². The van der Waals surface area contributed by atoms with Gasteiger partial charge >= 0.3 is 0 Å². The smallest absolute Gasteiger partial charge is 0.270 e. The molecule has 128 valence electrons. The first kappa shape index (κ1) is 18.0. The summed E-state index contributed by atoms with van der Waals surface area (Å²) in [6, 6.07) is 16.0. The third kappa shape index (κ3) is 3.92. The van der Waals surface area contributed by atoms with Gasteiger partial charge in [-0.3, -0.25) is 9.69 Å². The van der Waals surface area contributed by atoms with Crippen LogP contribution in [0.2, 0.25) is 0 Å². The van der Waals surface area contributed by atoms with Crippen molar-refractivity contribution in [3.8, 4) is 0 Å². The van der Waals surface area contributed by atoms with Crippen LogP contribution < -0.4 is 9.80 Å². The van der Waals surface area contributed by atoms with Crippen molar-refractivity contribution >= 4 is 63.4 Å². The minimum absolute atomic E-state index is 0.0649. The monoisotopic (exact) mass is 386 g/mol. The summed E-state index contributed by atoms with van der Waals surface area (Å²) in [5.74, 6) is -0.0649. The third-order valence-corrected chi connectivity index (χ3v) is 5.84. The van der Waals surface area contributed by atoms with Crippen LogP contribution in [0, 0.1) is 0 Å². The summed E-state index contributed by atoms with van der Waals surface area (Å²) in [5.41, 5.74) is 2.93. The molecule has 1 aliphatic heterocycles. The molecular weight excluding hydrogens is 368 g/mol. The summed E-state index contributed by atoms with van der Waals surface area (Å²) in [5, 5.41) is 0. The Balaban J connectivity index is 1.87. The maximum absolute atomic E-state index is 12.8. The van der Waals surface area contributed by atoms with Crippen LogP contribution >= 0.6 is 35.7 Å². The zero-order valence-corrected chi connectivity index (χ0v) is 16.7. The van der Waals surface area contributed by atoms with Gasteiger partial charge in [-0.25, -0.2) is 0 Å². The first-order valence-electron chi connectivity index (χ1n) is 7.69. The van der Waals surface area contributed by atoms with Gasteiger partial charge in [0.25, 0.3) is 5.91 Å². The minimum Gasteiger partial charge on any atom is -0.378 e. The van der Waals surface area contributed by atoms with E-state index in [9.17, 15) is 4.79 Å². The Morgan fingerprint density at radius 1 is 1.16 bits per heavy atom. The number of rotatable bonds is 4. The lowest BCUT2D eigenvalue weighted by molar-refractivity contribution is -0.113. The Kier molecular flexibility index (Phi) is 5.51. The molecule has 3 nitrogen and oxygen atoms in total. The molecule has 0 saturated carbocycles. The maximum atomic E-state index is 12.8. The van der Waals surface area contributed by atoms with Gasteiger partial charge in [-0.05, 0) is 48.2 Å². The van der Waals surface area contributed by atoms with E-state index in [4.69, 9.17) is 12.2 Å². The number of thiocarbonyl (C=S) groups is 1. The van der Waals surface area contributed by atoms with E-state index >= 15 is 0 Å². The van der Waals surface area contributed by atoms with Crippen molar-refractivity contribution < 1.29 is 4.79 Å². The molecule has 2 aromatic rings. The molecule has 0 radical (unpaired) electrons. The van der Waals surface area contributed by atoms with Gasteiger partial charge in [0.2, 0.25) is 0 Å². The van der Waals surface area contributed by atoms with Gasteiger partial charge in [-0.1, -0.05) is 42.2 Å². The largest absolute Gasteiger partial charge is 0.378 e. The Morgan fingerprint density at radius 3 is 2.52 bits per heavy atom. The van der Waals surface area contributed by atoms with Crippen molar-refractivity contribution in [1.82, 2.24) is 0 Å². The van der Waals surface area contributed by atoms with Gasteiger partial charge in [0.05, 0.1) is 10.6 Å². The zero-order valence-electron chi connectivity index (χ0n) is 14.2. The topological polar surface area (TPSA) is 23.6 Å². The summed E-state index contributed by atoms with van der Waals surface area (Å²) in [6.07, 6.45) is 3.91. The number of carbonyl (C=O) groups excluding carboxylic acids is 1. The molecule has 1 fully saturated rings. The van der Waals surface area contributed by atoms with E-state index in [0.29, 0.717) is 9.23 Å². The van der Waals surface area contributed by atoms with E-state index in [0.717, 1.165) is 21.8 Å². The number of thioether (sulfide) groups is 2. The van der Waals surface area contributed by atoms with E-state index in [1.54, 1.807) is 16.7 Å². The number of amides is 1. The van der Waals surface area contributed by atoms with Crippen molar-refractivity contribution in [1.29, 1.82) is 0 Å². The average Bonchev–Trinajstić information content (AvgIpc) is 2.89. The van der Waals surface area contributed by atoms with E-state index in [2.05, 4.69) is 0 Å². The van der Waals surface area contributed by atoms with Crippen molar-refractivity contribution in [2.24, 2.45) is 0 Å². The number of carbonyl (C=O) groups is 1. The highest BCUT2D eigenvalue weighted by Crippen LogP contribution is 2.37. The second-order valence-electron chi connectivity index (χ2n) is 5.70. The molecule has 3 rings (SSSR count). The minimum atomic E-state index is -0.0649. The molecular formula is C19H18N2OS3. The number of hydrogen-bond donors (Lipinski definition) is 0. The lowest BCUT2D eigenvalue weighted by Gasteiger charge is -2.15. The molecule has 2 aromatic carbocycles. The number of hydrogen-bond acceptors (Lipinski definition) is 5. The van der Waals surface area contributed by atoms with E-state index in [1.165, 1.54) is 11.8 Å². The fraction of sp³-hybridized carbons (Fsp3) is 0.158. The second kappa shape index (κ2) is 7.64. The molecule has 0 aliphatic carbocycles. The Hall–Kier alpha value is -1.76. The summed E-state index contributed by atoms with van der Waals surface area (Å²) in [6.45, 7) is 0. The van der Waals surface area contributed by atoms with E-state index in [-0.39, 0.29) is 5.91 Å². The highest BCUT2D eigenvalue weighted by molar-refractivity contribution is 8.27. The van der Waals surface area contributed by atoms with Crippen molar-refractivity contribution in [3.05, 3.63) is 59.0 Å². The molecule has 0 spiro atoms. The first-order valence-corrected chi connectivity index (χ1v) is 10.1. The molecule has 0 aromatic heterocycles. The predicted octanol–water partition coefficient (Wildman–Crippen LogP) is 4.88. The van der Waals surface area contributed by atoms with Gasteiger partial charge in [-0.2, -0.15) is 0 Å². The van der Waals surface area contributed by atoms with Crippen LogP contribution in [0.1, 0.15) is 5.56 Å². The van der Waals surface area contributed by atoms with Crippen LogP contribution in [0.25, 0.3) is 6.08 Å². The van der Waals surface area contributed by atoms with E-state index in [1.807, 2.05) is 79.9 Å². The van der Waals surface area contributed by atoms with Crippen LogP contribution in [0.3, 0.4) is 0 Å². The Morgan fingerprint density at radius 2 is 1.88 bits per heavy atom. The molecule has 0 N–H and O–H groups in total. The van der Waals surface area contributed by atoms with Crippen molar-refractivity contribution in [2.75, 3.05) is 30.2 Å². The highest BCUT2D eigenvalue weighted by atomic mass is 32.2. The number of anilines is 2. The molecule has 6 heteroatoms. The molecule has 25 heavy (non-hydrogen) atoms. The fourth-order valence-electron chi connectivity index (χ4n) is 2.46. The summed E-state index contributed by atoms with van der Waals surface area (Å²) in [7, 11) is 4.01. The highest BCUT2D eigenvalue weighted by Gasteiger charge is 2.33. The quantitative estimate of drug-likeness (QED) is 0.423. The number of nitrogens with zero attached hydrogens (tertiary/aromatic N) is 2. The number of benzene rings is 2. The van der Waals surface area contributed by atoms with Gasteiger partial charge in [0.15, 0.2) is 4.32 Å². The Bertz CT molecular complexity index is 844. The Labute approximate surface area is 162 Å². The molecule has 0 bridgehead atoms. The lowest BCUT2D eigenvalue weighted by Crippen LogP contribution is -2.27. The van der Waals surface area contributed by atoms with Crippen LogP contribution in [-0.4, -0.2) is 30.6 Å². The lowest BCUT2D eigenvalue weighted by atomic mass is 10.2.